The van der Waals surface area contributed by atoms with Crippen LogP contribution in [0.3, 0.4) is 0 Å². The van der Waals surface area contributed by atoms with Gasteiger partial charge in [-0.05, 0) is 18.2 Å². The number of benzene rings is 1. The maximum absolute atomic E-state index is 12.6. The first-order valence-electron chi connectivity index (χ1n) is 5.23. The fourth-order valence-electron chi connectivity index (χ4n) is 1.37. The molecule has 0 radical (unpaired) electrons. The van der Waals surface area contributed by atoms with E-state index in [0.29, 0.717) is 11.1 Å². The number of halogens is 5. The van der Waals surface area contributed by atoms with Crippen LogP contribution in [-0.2, 0) is 6.18 Å². The number of anilines is 1. The smallest absolute Gasteiger partial charge is 0.433 e. The van der Waals surface area contributed by atoms with Crippen molar-refractivity contribution in [1.82, 2.24) is 4.98 Å². The maximum atomic E-state index is 12.6. The largest absolute Gasteiger partial charge is 0.453 e. The van der Waals surface area contributed by atoms with Crippen LogP contribution in [-0.4, -0.2) is 4.98 Å². The molecule has 0 aliphatic rings. The SMILES string of the molecule is Nc1cnc(C(F)(F)F)cc1Oc1ccc(Cl)cc1Cl. The van der Waals surface area contributed by atoms with Gasteiger partial charge in [-0.1, -0.05) is 23.2 Å². The van der Waals surface area contributed by atoms with Crippen molar-refractivity contribution in [2.45, 2.75) is 6.18 Å². The summed E-state index contributed by atoms with van der Waals surface area (Å²) in [6.45, 7) is 0. The van der Waals surface area contributed by atoms with E-state index in [9.17, 15) is 13.2 Å². The number of aromatic nitrogens is 1. The van der Waals surface area contributed by atoms with Gasteiger partial charge in [0.15, 0.2) is 5.75 Å². The second kappa shape index (κ2) is 5.38. The lowest BCUT2D eigenvalue weighted by molar-refractivity contribution is -0.141. The zero-order valence-corrected chi connectivity index (χ0v) is 11.2. The van der Waals surface area contributed by atoms with Crippen LogP contribution >= 0.6 is 23.2 Å². The molecule has 20 heavy (non-hydrogen) atoms. The summed E-state index contributed by atoms with van der Waals surface area (Å²) >= 11 is 11.6. The number of ether oxygens (including phenoxy) is 1. The molecular weight excluding hydrogens is 316 g/mol. The molecule has 0 atom stereocenters. The van der Waals surface area contributed by atoms with Crippen LogP contribution in [0.4, 0.5) is 18.9 Å². The van der Waals surface area contributed by atoms with E-state index in [1.54, 1.807) is 0 Å². The number of hydrogen-bond acceptors (Lipinski definition) is 3. The molecule has 1 aromatic carbocycles. The molecule has 0 saturated carbocycles. The van der Waals surface area contributed by atoms with Gasteiger partial charge in [-0.25, -0.2) is 4.98 Å². The molecule has 2 aromatic rings. The molecule has 3 nitrogen and oxygen atoms in total. The third-order valence-electron chi connectivity index (χ3n) is 2.30. The fourth-order valence-corrected chi connectivity index (χ4v) is 1.81. The van der Waals surface area contributed by atoms with E-state index in [2.05, 4.69) is 4.98 Å². The predicted octanol–water partition coefficient (Wildman–Crippen LogP) is 4.78. The second-order valence-corrected chi connectivity index (χ2v) is 4.63. The van der Waals surface area contributed by atoms with Gasteiger partial charge in [-0.2, -0.15) is 13.2 Å². The highest BCUT2D eigenvalue weighted by atomic mass is 35.5. The van der Waals surface area contributed by atoms with Gasteiger partial charge in [-0.3, -0.25) is 0 Å². The summed E-state index contributed by atoms with van der Waals surface area (Å²) < 4.78 is 43.0. The number of nitrogens with zero attached hydrogens (tertiary/aromatic N) is 1. The first kappa shape index (κ1) is 14.7. The van der Waals surface area contributed by atoms with Gasteiger partial charge in [0, 0.05) is 11.1 Å². The number of nitrogen functional groups attached to an aromatic ring is 1. The molecular formula is C12H7Cl2F3N2O. The number of alkyl halides is 3. The topological polar surface area (TPSA) is 48.1 Å². The summed E-state index contributed by atoms with van der Waals surface area (Å²) in [7, 11) is 0. The quantitative estimate of drug-likeness (QED) is 0.865. The van der Waals surface area contributed by atoms with E-state index < -0.39 is 11.9 Å². The van der Waals surface area contributed by atoms with Crippen LogP contribution in [0.25, 0.3) is 0 Å². The van der Waals surface area contributed by atoms with Crippen LogP contribution in [0.2, 0.25) is 10.0 Å². The van der Waals surface area contributed by atoms with Gasteiger partial charge in [0.05, 0.1) is 16.9 Å². The Morgan fingerprint density at radius 1 is 1.10 bits per heavy atom. The van der Waals surface area contributed by atoms with Crippen LogP contribution in [0.5, 0.6) is 11.5 Å². The van der Waals surface area contributed by atoms with E-state index in [4.69, 9.17) is 33.7 Å². The molecule has 0 aliphatic heterocycles. The molecule has 0 spiro atoms. The molecule has 0 fully saturated rings. The molecule has 1 aromatic heterocycles. The van der Waals surface area contributed by atoms with Crippen molar-refractivity contribution in [3.63, 3.8) is 0 Å². The van der Waals surface area contributed by atoms with Gasteiger partial charge in [-0.15, -0.1) is 0 Å². The highest BCUT2D eigenvalue weighted by molar-refractivity contribution is 6.35. The summed E-state index contributed by atoms with van der Waals surface area (Å²) in [5, 5.41) is 0.531. The molecule has 2 N–H and O–H groups in total. The van der Waals surface area contributed by atoms with Crippen molar-refractivity contribution in [1.29, 1.82) is 0 Å². The maximum Gasteiger partial charge on any atom is 0.433 e. The zero-order chi connectivity index (χ0) is 14.9. The van der Waals surface area contributed by atoms with E-state index >= 15 is 0 Å². The average molecular weight is 323 g/mol. The Balaban J connectivity index is 2.38. The van der Waals surface area contributed by atoms with E-state index in [-0.39, 0.29) is 22.2 Å². The molecule has 2 rings (SSSR count). The molecule has 0 amide bonds. The van der Waals surface area contributed by atoms with Crippen LogP contribution in [0, 0.1) is 0 Å². The third kappa shape index (κ3) is 3.26. The highest BCUT2D eigenvalue weighted by Crippen LogP contribution is 2.37. The van der Waals surface area contributed by atoms with Crippen molar-refractivity contribution in [2.75, 3.05) is 5.73 Å². The Hall–Kier alpha value is -1.66. The van der Waals surface area contributed by atoms with Gasteiger partial charge in [0.2, 0.25) is 0 Å². The van der Waals surface area contributed by atoms with Crippen LogP contribution < -0.4 is 10.5 Å². The number of rotatable bonds is 2. The summed E-state index contributed by atoms with van der Waals surface area (Å²) in [6, 6.07) is 5.03. The highest BCUT2D eigenvalue weighted by Gasteiger charge is 2.33. The van der Waals surface area contributed by atoms with Crippen molar-refractivity contribution in [2.24, 2.45) is 0 Å². The minimum absolute atomic E-state index is 0.0379. The minimum Gasteiger partial charge on any atom is -0.453 e. The predicted molar refractivity (Wildman–Crippen MR) is 70.2 cm³/mol. The summed E-state index contributed by atoms with van der Waals surface area (Å²) in [5.74, 6) is -0.0429. The van der Waals surface area contributed by atoms with E-state index in [1.165, 1.54) is 18.2 Å². The Labute approximate surface area is 122 Å². The Kier molecular flexibility index (Phi) is 3.96. The lowest BCUT2D eigenvalue weighted by atomic mass is 10.3. The molecule has 0 aliphatic carbocycles. The normalized spacial score (nSPS) is 11.4. The molecule has 8 heteroatoms. The Morgan fingerprint density at radius 2 is 1.80 bits per heavy atom. The number of nitrogens with two attached hydrogens (primary N) is 1. The zero-order valence-electron chi connectivity index (χ0n) is 9.71. The standard InChI is InChI=1S/C12H7Cl2F3N2O/c13-6-1-2-9(7(14)3-6)20-10-4-11(12(15,16)17)19-5-8(10)18/h1-5H,18H2. The molecule has 0 unspecified atom stereocenters. The van der Waals surface area contributed by atoms with Gasteiger partial charge < -0.3 is 10.5 Å². The molecule has 0 saturated heterocycles. The lowest BCUT2D eigenvalue weighted by Crippen LogP contribution is -2.08. The number of pyridine rings is 1. The summed E-state index contributed by atoms with van der Waals surface area (Å²) in [4.78, 5) is 3.20. The minimum atomic E-state index is -4.59. The number of hydrogen-bond donors (Lipinski definition) is 1. The Morgan fingerprint density at radius 3 is 2.40 bits per heavy atom. The molecule has 106 valence electrons. The van der Waals surface area contributed by atoms with Gasteiger partial charge in [0.1, 0.15) is 11.4 Å². The molecule has 0 bridgehead atoms. The van der Waals surface area contributed by atoms with Gasteiger partial charge in [0.25, 0.3) is 0 Å². The third-order valence-corrected chi connectivity index (χ3v) is 2.83. The monoisotopic (exact) mass is 322 g/mol. The van der Waals surface area contributed by atoms with Gasteiger partial charge >= 0.3 is 6.18 Å². The van der Waals surface area contributed by atoms with Crippen LogP contribution in [0.1, 0.15) is 5.69 Å². The summed E-state index contributed by atoms with van der Waals surface area (Å²) in [6.07, 6.45) is -3.71. The lowest BCUT2D eigenvalue weighted by Gasteiger charge is -2.12. The van der Waals surface area contributed by atoms with Crippen molar-refractivity contribution in [3.8, 4) is 11.5 Å². The van der Waals surface area contributed by atoms with E-state index in [1.807, 2.05) is 0 Å². The first-order chi connectivity index (χ1) is 9.27. The molecule has 1 heterocycles. The van der Waals surface area contributed by atoms with Crippen molar-refractivity contribution < 1.29 is 17.9 Å². The first-order valence-corrected chi connectivity index (χ1v) is 5.98. The van der Waals surface area contributed by atoms with Crippen molar-refractivity contribution in [3.05, 3.63) is 46.2 Å². The van der Waals surface area contributed by atoms with E-state index in [0.717, 1.165) is 6.20 Å². The fraction of sp³-hybridized carbons (Fsp3) is 0.0833. The Bertz CT molecular complexity index is 647. The average Bonchev–Trinajstić information content (AvgIpc) is 2.33. The second-order valence-electron chi connectivity index (χ2n) is 3.78. The van der Waals surface area contributed by atoms with Crippen LogP contribution in [0.15, 0.2) is 30.5 Å². The van der Waals surface area contributed by atoms with Crippen molar-refractivity contribution >= 4 is 28.9 Å². The summed E-state index contributed by atoms with van der Waals surface area (Å²) in [5.41, 5.74) is 4.39.